The van der Waals surface area contributed by atoms with Gasteiger partial charge in [0.05, 0.1) is 12.1 Å². The highest BCUT2D eigenvalue weighted by atomic mass is 79.9. The summed E-state index contributed by atoms with van der Waals surface area (Å²) in [5, 5.41) is 0. The third-order valence-corrected chi connectivity index (χ3v) is 4.57. The van der Waals surface area contributed by atoms with Crippen molar-refractivity contribution in [1.29, 1.82) is 0 Å². The van der Waals surface area contributed by atoms with Crippen LogP contribution >= 0.6 is 27.7 Å². The van der Waals surface area contributed by atoms with Gasteiger partial charge >= 0.3 is 0 Å². The molecule has 0 aliphatic carbocycles. The molecule has 1 aliphatic heterocycles. The fraction of sp³-hybridized carbons (Fsp3) is 0.385. The van der Waals surface area contributed by atoms with Crippen molar-refractivity contribution < 1.29 is 4.79 Å². The number of nitrogens with zero attached hydrogens (tertiary/aromatic N) is 3. The van der Waals surface area contributed by atoms with Gasteiger partial charge in [0.1, 0.15) is 5.65 Å². The van der Waals surface area contributed by atoms with Crippen LogP contribution < -0.4 is 0 Å². The van der Waals surface area contributed by atoms with Gasteiger partial charge < -0.3 is 9.30 Å². The summed E-state index contributed by atoms with van der Waals surface area (Å²) < 4.78 is 2.95. The van der Waals surface area contributed by atoms with E-state index in [4.69, 9.17) is 0 Å². The smallest absolute Gasteiger partial charge is 0.228 e. The van der Waals surface area contributed by atoms with Crippen molar-refractivity contribution in [2.75, 3.05) is 24.6 Å². The maximum atomic E-state index is 12.2. The summed E-state index contributed by atoms with van der Waals surface area (Å²) in [5.74, 6) is 2.27. The fourth-order valence-electron chi connectivity index (χ4n) is 2.18. The Bertz CT molecular complexity index is 607. The van der Waals surface area contributed by atoms with Crippen LogP contribution in [0.1, 0.15) is 5.69 Å². The number of imidazole rings is 1. The first-order chi connectivity index (χ1) is 9.22. The largest absolute Gasteiger partial charge is 0.341 e. The summed E-state index contributed by atoms with van der Waals surface area (Å²) in [7, 11) is 0. The molecule has 1 amide bonds. The molecule has 0 atom stereocenters. The normalized spacial score (nSPS) is 15.9. The zero-order chi connectivity index (χ0) is 13.2. The molecule has 0 saturated carbocycles. The van der Waals surface area contributed by atoms with Crippen molar-refractivity contribution in [3.05, 3.63) is 34.7 Å². The number of halogens is 1. The van der Waals surface area contributed by atoms with E-state index in [1.165, 1.54) is 0 Å². The Morgan fingerprint density at radius 2 is 2.11 bits per heavy atom. The number of carbonyl (C=O) groups is 1. The molecule has 0 N–H and O–H groups in total. The standard InChI is InChI=1S/C13H14BrN3OS/c14-10-1-2-12-15-11(9-17(12)8-10)7-13(18)16-3-5-19-6-4-16/h1-2,8-9H,3-7H2. The maximum absolute atomic E-state index is 12.2. The van der Waals surface area contributed by atoms with Gasteiger partial charge in [-0.3, -0.25) is 4.79 Å². The third kappa shape index (κ3) is 2.95. The van der Waals surface area contributed by atoms with Crippen molar-refractivity contribution in [2.24, 2.45) is 0 Å². The number of hydrogen-bond donors (Lipinski definition) is 0. The Morgan fingerprint density at radius 1 is 1.32 bits per heavy atom. The summed E-state index contributed by atoms with van der Waals surface area (Å²) in [5.41, 5.74) is 1.71. The minimum absolute atomic E-state index is 0.183. The zero-order valence-electron chi connectivity index (χ0n) is 10.4. The third-order valence-electron chi connectivity index (χ3n) is 3.16. The number of fused-ring (bicyclic) bond motifs is 1. The summed E-state index contributed by atoms with van der Waals surface area (Å²) in [6.07, 6.45) is 4.27. The Balaban J connectivity index is 1.75. The average molecular weight is 340 g/mol. The molecule has 0 spiro atoms. The van der Waals surface area contributed by atoms with E-state index in [2.05, 4.69) is 20.9 Å². The lowest BCUT2D eigenvalue weighted by atomic mass is 10.3. The molecule has 3 heterocycles. The van der Waals surface area contributed by atoms with Crippen LogP contribution in [0.15, 0.2) is 29.0 Å². The topological polar surface area (TPSA) is 37.6 Å². The van der Waals surface area contributed by atoms with Gasteiger partial charge in [-0.25, -0.2) is 4.98 Å². The number of amides is 1. The lowest BCUT2D eigenvalue weighted by molar-refractivity contribution is -0.130. The van der Waals surface area contributed by atoms with Gasteiger partial charge in [0.2, 0.25) is 5.91 Å². The maximum Gasteiger partial charge on any atom is 0.228 e. The van der Waals surface area contributed by atoms with Crippen LogP contribution in [0.4, 0.5) is 0 Å². The molecule has 100 valence electrons. The van der Waals surface area contributed by atoms with E-state index in [0.717, 1.165) is 40.4 Å². The molecule has 0 aromatic carbocycles. The second kappa shape index (κ2) is 5.54. The van der Waals surface area contributed by atoms with E-state index in [1.54, 1.807) is 0 Å². The molecule has 6 heteroatoms. The number of thioether (sulfide) groups is 1. The summed E-state index contributed by atoms with van der Waals surface area (Å²) >= 11 is 5.34. The molecule has 1 fully saturated rings. The minimum atomic E-state index is 0.183. The number of rotatable bonds is 2. The van der Waals surface area contributed by atoms with E-state index in [9.17, 15) is 4.79 Å². The Labute approximate surface area is 124 Å². The van der Waals surface area contributed by atoms with E-state index in [0.29, 0.717) is 6.42 Å². The molecule has 19 heavy (non-hydrogen) atoms. The highest BCUT2D eigenvalue weighted by Crippen LogP contribution is 2.14. The predicted molar refractivity (Wildman–Crippen MR) is 80.5 cm³/mol. The molecule has 1 saturated heterocycles. The monoisotopic (exact) mass is 339 g/mol. The molecule has 2 aromatic heterocycles. The number of pyridine rings is 1. The van der Waals surface area contributed by atoms with Gasteiger partial charge in [-0.1, -0.05) is 0 Å². The first-order valence-corrected chi connectivity index (χ1v) is 8.16. The Hall–Kier alpha value is -1.01. The Morgan fingerprint density at radius 3 is 2.89 bits per heavy atom. The van der Waals surface area contributed by atoms with Gasteiger partial charge in [0, 0.05) is 41.5 Å². The van der Waals surface area contributed by atoms with Crippen LogP contribution in [0.2, 0.25) is 0 Å². The molecule has 3 rings (SSSR count). The highest BCUT2D eigenvalue weighted by Gasteiger charge is 2.18. The first-order valence-electron chi connectivity index (χ1n) is 6.21. The van der Waals surface area contributed by atoms with Crippen LogP contribution in [0, 0.1) is 0 Å². The van der Waals surface area contributed by atoms with Gasteiger partial charge in [0.15, 0.2) is 0 Å². The first kappa shape index (κ1) is 13.0. The van der Waals surface area contributed by atoms with Crippen LogP contribution in [0.3, 0.4) is 0 Å². The average Bonchev–Trinajstić information content (AvgIpc) is 2.81. The fourth-order valence-corrected chi connectivity index (χ4v) is 3.44. The molecule has 2 aromatic rings. The zero-order valence-corrected chi connectivity index (χ0v) is 12.8. The van der Waals surface area contributed by atoms with Crippen molar-refractivity contribution in [3.8, 4) is 0 Å². The van der Waals surface area contributed by atoms with E-state index >= 15 is 0 Å². The molecular weight excluding hydrogens is 326 g/mol. The van der Waals surface area contributed by atoms with Crippen molar-refractivity contribution in [3.63, 3.8) is 0 Å². The summed E-state index contributed by atoms with van der Waals surface area (Å²) in [6.45, 7) is 1.73. The molecular formula is C13H14BrN3OS. The Kier molecular flexibility index (Phi) is 3.79. The number of aromatic nitrogens is 2. The SMILES string of the molecule is O=C(Cc1cn2cc(Br)ccc2n1)N1CCSCC1. The van der Waals surface area contributed by atoms with Crippen LogP contribution in [0.25, 0.3) is 5.65 Å². The second-order valence-corrected chi connectivity index (χ2v) is 6.66. The van der Waals surface area contributed by atoms with Crippen LogP contribution in [0.5, 0.6) is 0 Å². The van der Waals surface area contributed by atoms with Crippen LogP contribution in [-0.4, -0.2) is 44.8 Å². The molecule has 0 radical (unpaired) electrons. The summed E-state index contributed by atoms with van der Waals surface area (Å²) in [6, 6.07) is 3.89. The lowest BCUT2D eigenvalue weighted by Gasteiger charge is -2.26. The van der Waals surface area contributed by atoms with E-state index in [-0.39, 0.29) is 5.91 Å². The van der Waals surface area contributed by atoms with Crippen LogP contribution in [-0.2, 0) is 11.2 Å². The summed E-state index contributed by atoms with van der Waals surface area (Å²) in [4.78, 5) is 18.6. The van der Waals surface area contributed by atoms with Crippen molar-refractivity contribution >= 4 is 39.2 Å². The quantitative estimate of drug-likeness (QED) is 0.841. The van der Waals surface area contributed by atoms with Gasteiger partial charge in [-0.05, 0) is 28.1 Å². The number of hydrogen-bond acceptors (Lipinski definition) is 3. The molecule has 0 bridgehead atoms. The van der Waals surface area contributed by atoms with Gasteiger partial charge in [-0.15, -0.1) is 0 Å². The molecule has 1 aliphatic rings. The number of carbonyl (C=O) groups excluding carboxylic acids is 1. The molecule has 4 nitrogen and oxygen atoms in total. The van der Waals surface area contributed by atoms with E-state index in [1.807, 2.05) is 45.6 Å². The van der Waals surface area contributed by atoms with Crippen molar-refractivity contribution in [2.45, 2.75) is 6.42 Å². The van der Waals surface area contributed by atoms with Crippen molar-refractivity contribution in [1.82, 2.24) is 14.3 Å². The van der Waals surface area contributed by atoms with Gasteiger partial charge in [-0.2, -0.15) is 11.8 Å². The molecule has 0 unspecified atom stereocenters. The lowest BCUT2D eigenvalue weighted by Crippen LogP contribution is -2.38. The highest BCUT2D eigenvalue weighted by molar-refractivity contribution is 9.10. The second-order valence-electron chi connectivity index (χ2n) is 4.51. The predicted octanol–water partition coefficient (Wildman–Crippen LogP) is 2.21. The van der Waals surface area contributed by atoms with Gasteiger partial charge in [0.25, 0.3) is 0 Å². The minimum Gasteiger partial charge on any atom is -0.341 e. The van der Waals surface area contributed by atoms with E-state index < -0.39 is 0 Å².